The highest BCUT2D eigenvalue weighted by Gasteiger charge is 2.36. The Morgan fingerprint density at radius 2 is 1.19 bits per heavy atom. The van der Waals surface area contributed by atoms with Crippen molar-refractivity contribution in [3.05, 3.63) is 12.2 Å². The van der Waals surface area contributed by atoms with Crippen molar-refractivity contribution in [2.24, 2.45) is 5.92 Å². The van der Waals surface area contributed by atoms with Crippen LogP contribution in [0.2, 0.25) is 0 Å². The molecule has 1 N–H and O–H groups in total. The van der Waals surface area contributed by atoms with Gasteiger partial charge in [0.05, 0.1) is 12.2 Å². The molecule has 0 spiro atoms. The lowest BCUT2D eigenvalue weighted by atomic mass is 10.0. The van der Waals surface area contributed by atoms with Gasteiger partial charge >= 0.3 is 11.9 Å². The fraction of sp³-hybridized carbons (Fsp3) is 0.892. The number of hydrogen-bond donors (Lipinski definition) is 1. The minimum atomic E-state index is -0.969. The van der Waals surface area contributed by atoms with E-state index >= 15 is 0 Å². The number of aliphatic hydroxyl groups is 1. The van der Waals surface area contributed by atoms with Crippen LogP contribution in [-0.4, -0.2) is 48.6 Å². The van der Waals surface area contributed by atoms with Gasteiger partial charge in [0, 0.05) is 12.8 Å². The highest BCUT2D eigenvalue weighted by Crippen LogP contribution is 2.30. The molecule has 0 bridgehead atoms. The van der Waals surface area contributed by atoms with E-state index in [1.54, 1.807) is 0 Å². The maximum absolute atomic E-state index is 12.0. The number of carbonyl (C=O) groups excluding carboxylic acids is 2. The van der Waals surface area contributed by atoms with Crippen LogP contribution in [0.4, 0.5) is 0 Å². The first kappa shape index (κ1) is 39.6. The van der Waals surface area contributed by atoms with E-state index in [1.165, 1.54) is 83.5 Å². The molecular formula is C37H68O6. The van der Waals surface area contributed by atoms with Crippen molar-refractivity contribution in [2.75, 3.05) is 13.2 Å². The zero-order chi connectivity index (χ0) is 31.4. The highest BCUT2D eigenvalue weighted by molar-refractivity contribution is 5.69. The predicted molar refractivity (Wildman–Crippen MR) is 177 cm³/mol. The van der Waals surface area contributed by atoms with E-state index in [0.29, 0.717) is 25.0 Å². The van der Waals surface area contributed by atoms with Crippen LogP contribution >= 0.6 is 0 Å². The summed E-state index contributed by atoms with van der Waals surface area (Å²) >= 11 is 0. The molecule has 6 heteroatoms. The summed E-state index contributed by atoms with van der Waals surface area (Å²) < 4.78 is 16.1. The smallest absolute Gasteiger partial charge is 0.305 e. The molecule has 0 amide bonds. The lowest BCUT2D eigenvalue weighted by molar-refractivity contribution is -0.152. The molecule has 43 heavy (non-hydrogen) atoms. The summed E-state index contributed by atoms with van der Waals surface area (Å²) in [4.78, 5) is 23.9. The van der Waals surface area contributed by atoms with E-state index in [0.717, 1.165) is 63.7 Å². The van der Waals surface area contributed by atoms with Crippen molar-refractivity contribution in [3.63, 3.8) is 0 Å². The number of allylic oxidation sites excluding steroid dienone is 1. The first-order chi connectivity index (χ1) is 20.9. The number of esters is 2. The van der Waals surface area contributed by atoms with E-state index in [2.05, 4.69) is 32.9 Å². The summed E-state index contributed by atoms with van der Waals surface area (Å²) in [6.45, 7) is 6.58. The van der Waals surface area contributed by atoms with Crippen molar-refractivity contribution in [2.45, 2.75) is 193 Å². The first-order valence-electron chi connectivity index (χ1n) is 18.2. The standard InChI is InChI=1S/C37H68O6/c1-4-5-6-7-16-21-26-34-35(43-34)27-22-17-14-19-24-29-37(40)42-31-33(38)30-41-36(39)28-23-18-13-11-9-8-10-12-15-20-25-32(2)3/h16,21,32-35,38H,4-15,17-20,22-31H2,1-3H3/b21-16-/t33-,34?,35?/m0/s1. The summed E-state index contributed by atoms with van der Waals surface area (Å²) in [5.74, 6) is 0.241. The quantitative estimate of drug-likeness (QED) is 0.0365. The van der Waals surface area contributed by atoms with Gasteiger partial charge in [-0.2, -0.15) is 0 Å². The SMILES string of the molecule is CCCCC/C=C\CC1OC1CCCCCCCC(=O)OC[C@@H](O)COC(=O)CCCCCCCCCCCCC(C)C. The molecule has 1 fully saturated rings. The maximum atomic E-state index is 12.0. The number of epoxide rings is 1. The molecule has 0 aromatic heterocycles. The van der Waals surface area contributed by atoms with Crippen LogP contribution in [0.1, 0.15) is 175 Å². The predicted octanol–water partition coefficient (Wildman–Crippen LogP) is 9.80. The van der Waals surface area contributed by atoms with E-state index in [9.17, 15) is 14.7 Å². The first-order valence-corrected chi connectivity index (χ1v) is 18.2. The van der Waals surface area contributed by atoms with Gasteiger partial charge in [0.15, 0.2) is 0 Å². The molecule has 0 saturated carbocycles. The number of unbranched alkanes of at least 4 members (excludes halogenated alkanes) is 16. The lowest BCUT2D eigenvalue weighted by Crippen LogP contribution is -2.25. The number of hydrogen-bond acceptors (Lipinski definition) is 6. The van der Waals surface area contributed by atoms with Gasteiger partial charge in [-0.05, 0) is 44.4 Å². The average molecular weight is 609 g/mol. The molecule has 0 radical (unpaired) electrons. The van der Waals surface area contributed by atoms with E-state index in [1.807, 2.05) is 0 Å². The van der Waals surface area contributed by atoms with E-state index in [-0.39, 0.29) is 25.2 Å². The average Bonchev–Trinajstić information content (AvgIpc) is 3.74. The fourth-order valence-corrected chi connectivity index (χ4v) is 5.45. The minimum Gasteiger partial charge on any atom is -0.463 e. The molecule has 1 rings (SSSR count). The van der Waals surface area contributed by atoms with Crippen LogP contribution in [0.15, 0.2) is 12.2 Å². The van der Waals surface area contributed by atoms with Crippen molar-refractivity contribution in [1.29, 1.82) is 0 Å². The summed E-state index contributed by atoms with van der Waals surface area (Å²) in [5, 5.41) is 9.99. The van der Waals surface area contributed by atoms with E-state index < -0.39 is 6.10 Å². The Kier molecular flexibility index (Phi) is 25.9. The highest BCUT2D eigenvalue weighted by atomic mass is 16.6. The zero-order valence-corrected chi connectivity index (χ0v) is 28.3. The Balaban J connectivity index is 1.83. The van der Waals surface area contributed by atoms with Gasteiger partial charge in [0.1, 0.15) is 19.3 Å². The molecule has 0 aromatic rings. The molecule has 6 nitrogen and oxygen atoms in total. The van der Waals surface area contributed by atoms with Gasteiger partial charge < -0.3 is 19.3 Å². The zero-order valence-electron chi connectivity index (χ0n) is 28.3. The topological polar surface area (TPSA) is 85.4 Å². The van der Waals surface area contributed by atoms with Crippen LogP contribution < -0.4 is 0 Å². The Morgan fingerprint density at radius 3 is 1.72 bits per heavy atom. The van der Waals surface area contributed by atoms with Crippen LogP contribution in [0.5, 0.6) is 0 Å². The minimum absolute atomic E-state index is 0.121. The lowest BCUT2D eigenvalue weighted by Gasteiger charge is -2.12. The third-order valence-corrected chi connectivity index (χ3v) is 8.35. The number of ether oxygens (including phenoxy) is 3. The van der Waals surface area contributed by atoms with Gasteiger partial charge in [-0.15, -0.1) is 0 Å². The summed E-state index contributed by atoms with van der Waals surface area (Å²) in [5.41, 5.74) is 0. The molecule has 1 aliphatic rings. The van der Waals surface area contributed by atoms with Gasteiger partial charge in [0.25, 0.3) is 0 Å². The van der Waals surface area contributed by atoms with Crippen molar-refractivity contribution < 1.29 is 28.9 Å². The van der Waals surface area contributed by atoms with Crippen LogP contribution in [-0.2, 0) is 23.8 Å². The summed E-state index contributed by atoms with van der Waals surface area (Å²) in [7, 11) is 0. The second-order valence-electron chi connectivity index (χ2n) is 13.2. The normalized spacial score (nSPS) is 17.0. The Bertz CT molecular complexity index is 691. The second-order valence-corrected chi connectivity index (χ2v) is 13.2. The maximum Gasteiger partial charge on any atom is 0.305 e. The van der Waals surface area contributed by atoms with Crippen molar-refractivity contribution in [3.8, 4) is 0 Å². The second kappa shape index (κ2) is 28.1. The monoisotopic (exact) mass is 609 g/mol. The van der Waals surface area contributed by atoms with Crippen molar-refractivity contribution >= 4 is 11.9 Å². The molecular weight excluding hydrogens is 540 g/mol. The van der Waals surface area contributed by atoms with Crippen molar-refractivity contribution in [1.82, 2.24) is 0 Å². The van der Waals surface area contributed by atoms with E-state index in [4.69, 9.17) is 14.2 Å². The third kappa shape index (κ3) is 26.7. The molecule has 252 valence electrons. The van der Waals surface area contributed by atoms with Gasteiger partial charge in [-0.3, -0.25) is 9.59 Å². The molecule has 0 aliphatic carbocycles. The Labute approximate surface area is 265 Å². The molecule has 1 heterocycles. The largest absolute Gasteiger partial charge is 0.463 e. The molecule has 3 atom stereocenters. The van der Waals surface area contributed by atoms with Crippen LogP contribution in [0, 0.1) is 5.92 Å². The summed E-state index contributed by atoms with van der Waals surface area (Å²) in [6.07, 6.45) is 31.4. The van der Waals surface area contributed by atoms with Gasteiger partial charge in [-0.25, -0.2) is 0 Å². The molecule has 1 saturated heterocycles. The fourth-order valence-electron chi connectivity index (χ4n) is 5.45. The molecule has 2 unspecified atom stereocenters. The summed E-state index contributed by atoms with van der Waals surface area (Å²) in [6, 6.07) is 0. The Morgan fingerprint density at radius 1 is 0.674 bits per heavy atom. The van der Waals surface area contributed by atoms with Gasteiger partial charge in [0.2, 0.25) is 0 Å². The molecule has 0 aromatic carbocycles. The van der Waals surface area contributed by atoms with Crippen LogP contribution in [0.25, 0.3) is 0 Å². The molecule has 1 aliphatic heterocycles. The van der Waals surface area contributed by atoms with Gasteiger partial charge in [-0.1, -0.05) is 136 Å². The third-order valence-electron chi connectivity index (χ3n) is 8.35. The number of rotatable bonds is 31. The van der Waals surface area contributed by atoms with Crippen LogP contribution in [0.3, 0.4) is 0 Å². The number of aliphatic hydroxyl groups excluding tert-OH is 1. The number of carbonyl (C=O) groups is 2. The Hall–Kier alpha value is -1.40.